The van der Waals surface area contributed by atoms with Gasteiger partial charge in [-0.3, -0.25) is 25.1 Å². The van der Waals surface area contributed by atoms with Gasteiger partial charge in [-0.15, -0.1) is 11.3 Å². The number of nitrogen functional groups attached to an aromatic ring is 1. The Morgan fingerprint density at radius 2 is 2.24 bits per heavy atom. The lowest BCUT2D eigenvalue weighted by Gasteiger charge is -2.14. The number of nitrogens with two attached hydrogens (primary N) is 1. The predicted octanol–water partition coefficient (Wildman–Crippen LogP) is -1.41. The maximum Gasteiger partial charge on any atom is 0.270 e. The highest BCUT2D eigenvalue weighted by molar-refractivity contribution is 7.13. The molecule has 109 valence electrons. The molecule has 1 aliphatic rings. The summed E-state index contributed by atoms with van der Waals surface area (Å²) in [5.41, 5.74) is 12.5. The molecule has 2 rings (SSSR count). The Bertz CT molecular complexity index is 665. The Morgan fingerprint density at radius 1 is 1.52 bits per heavy atom. The van der Waals surface area contributed by atoms with Crippen molar-refractivity contribution < 1.29 is 19.5 Å². The van der Waals surface area contributed by atoms with E-state index < -0.39 is 29.7 Å². The molecule has 10 heteroatoms. The van der Waals surface area contributed by atoms with Gasteiger partial charge < -0.3 is 16.2 Å². The third kappa shape index (κ3) is 3.30. The van der Waals surface area contributed by atoms with Gasteiger partial charge in [0.05, 0.1) is 5.69 Å². The number of nitrogens with zero attached hydrogens (tertiary/aromatic N) is 2. The van der Waals surface area contributed by atoms with E-state index in [9.17, 15) is 14.4 Å². The normalized spacial score (nSPS) is 19.0. The smallest absolute Gasteiger partial charge is 0.270 e. The lowest BCUT2D eigenvalue weighted by atomic mass is 10.1. The highest BCUT2D eigenvalue weighted by Crippen LogP contribution is 2.19. The predicted molar refractivity (Wildman–Crippen MR) is 73.1 cm³/mol. The fourth-order valence-corrected chi connectivity index (χ4v) is 2.11. The molecule has 9 nitrogen and oxygen atoms in total. The summed E-state index contributed by atoms with van der Waals surface area (Å²) in [6.07, 6.45) is 0.393. The Hall–Kier alpha value is -2.59. The van der Waals surface area contributed by atoms with Crippen LogP contribution in [0.25, 0.3) is 0 Å². The minimum Gasteiger partial charge on any atom is -0.379 e. The first kappa shape index (κ1) is 14.8. The van der Waals surface area contributed by atoms with Crippen molar-refractivity contribution >= 4 is 40.3 Å². The van der Waals surface area contributed by atoms with Crippen LogP contribution in [0.15, 0.2) is 22.1 Å². The number of aliphatic hydroxyl groups excluding tert-OH is 1. The maximum absolute atomic E-state index is 11.9. The highest BCUT2D eigenvalue weighted by atomic mass is 32.1. The van der Waals surface area contributed by atoms with Crippen molar-refractivity contribution in [2.45, 2.75) is 12.1 Å². The van der Waals surface area contributed by atoms with Crippen LogP contribution in [0.2, 0.25) is 0 Å². The summed E-state index contributed by atoms with van der Waals surface area (Å²) in [5.74, 6) is -2.61. The number of rotatable bonds is 4. The highest BCUT2D eigenvalue weighted by Gasteiger charge is 2.27. The number of hydrogen-bond acceptors (Lipinski definition) is 8. The van der Waals surface area contributed by atoms with Gasteiger partial charge in [0.2, 0.25) is 0 Å². The van der Waals surface area contributed by atoms with Crippen LogP contribution in [0.4, 0.5) is 5.13 Å². The minimum absolute atomic E-state index is 0.137. The molecule has 2 amide bonds. The number of aromatic nitrogens is 1. The molecule has 5 N–H and O–H groups in total. The van der Waals surface area contributed by atoms with Gasteiger partial charge >= 0.3 is 0 Å². The Labute approximate surface area is 122 Å². The van der Waals surface area contributed by atoms with Crippen LogP contribution in [0.3, 0.4) is 0 Å². The molecule has 21 heavy (non-hydrogen) atoms. The Kier molecular flexibility index (Phi) is 4.10. The molecule has 2 heterocycles. The minimum atomic E-state index is -1.38. The molecule has 2 atom stereocenters. The number of anilines is 1. The summed E-state index contributed by atoms with van der Waals surface area (Å²) < 4.78 is 0. The lowest BCUT2D eigenvalue weighted by molar-refractivity contribution is -0.126. The topological polar surface area (TPSA) is 159 Å². The zero-order chi connectivity index (χ0) is 15.6. The van der Waals surface area contributed by atoms with Gasteiger partial charge in [0.25, 0.3) is 11.8 Å². The molecule has 0 fully saturated rings. The van der Waals surface area contributed by atoms with Crippen molar-refractivity contribution in [3.05, 3.63) is 22.8 Å². The molecular weight excluding hydrogens is 298 g/mol. The molecule has 1 aromatic rings. The lowest BCUT2D eigenvalue weighted by Crippen LogP contribution is -2.36. The van der Waals surface area contributed by atoms with Crippen molar-refractivity contribution in [1.29, 1.82) is 0 Å². The first-order valence-corrected chi connectivity index (χ1v) is 6.51. The summed E-state index contributed by atoms with van der Waals surface area (Å²) in [4.78, 5) is 41.9. The Morgan fingerprint density at radius 3 is 2.76 bits per heavy atom. The number of carbonyl (C=O) groups excluding carboxylic acids is 3. The van der Waals surface area contributed by atoms with Gasteiger partial charge in [0.15, 0.2) is 23.1 Å². The quantitative estimate of drug-likeness (QED) is 0.619. The molecule has 1 unspecified atom stereocenters. The van der Waals surface area contributed by atoms with Crippen LogP contribution in [-0.2, 0) is 14.4 Å². The Balaban J connectivity index is 2.17. The van der Waals surface area contributed by atoms with Crippen LogP contribution in [0.5, 0.6) is 0 Å². The number of carbonyl (C=O) groups is 3. The fraction of sp³-hybridized carbons (Fsp3) is 0.182. The van der Waals surface area contributed by atoms with Gasteiger partial charge in [0, 0.05) is 17.7 Å². The van der Waals surface area contributed by atoms with Crippen molar-refractivity contribution in [1.82, 2.24) is 16.0 Å². The number of hydrogen-bond donors (Lipinski definition) is 3. The molecule has 0 saturated carbocycles. The molecule has 1 aliphatic heterocycles. The number of thiazole rings is 1. The van der Waals surface area contributed by atoms with Gasteiger partial charge in [0.1, 0.15) is 5.70 Å². The molecular formula is C11H10N5O4S. The standard InChI is InChI=1S/C11H10N5O4S/c12-9(19)8(5-3-21-11(13)15-5)16-10(20)4-1-6(17)7(18)2-14-4/h1-3,7-8,12,18H,(H2,13,15)(H,16,20)/t7-,8?/m0/s1. The van der Waals surface area contributed by atoms with Crippen LogP contribution in [0, 0.1) is 0 Å². The van der Waals surface area contributed by atoms with Crippen molar-refractivity contribution in [3.63, 3.8) is 0 Å². The SMILES string of the molecule is [NH]C(=O)C(NC(=O)C1=CC(=O)[C@@H](O)C=N1)c1csc(N)n1. The van der Waals surface area contributed by atoms with E-state index in [2.05, 4.69) is 15.3 Å². The fourth-order valence-electron chi connectivity index (χ4n) is 1.52. The van der Waals surface area contributed by atoms with Crippen LogP contribution in [-0.4, -0.2) is 40.0 Å². The maximum atomic E-state index is 11.9. The third-order valence-corrected chi connectivity index (χ3v) is 3.22. The summed E-state index contributed by atoms with van der Waals surface area (Å²) >= 11 is 1.06. The first-order valence-electron chi connectivity index (χ1n) is 5.63. The van der Waals surface area contributed by atoms with E-state index in [1.807, 2.05) is 0 Å². The summed E-state index contributed by atoms with van der Waals surface area (Å²) in [7, 11) is 0. The van der Waals surface area contributed by atoms with E-state index in [-0.39, 0.29) is 16.5 Å². The molecule has 0 saturated heterocycles. The molecule has 1 aromatic heterocycles. The van der Waals surface area contributed by atoms with Crippen molar-refractivity contribution in [2.75, 3.05) is 5.73 Å². The molecule has 1 radical (unpaired) electrons. The number of aliphatic hydroxyl groups is 1. The summed E-state index contributed by atoms with van der Waals surface area (Å²) in [5, 5.41) is 13.0. The molecule has 0 spiro atoms. The number of amides is 2. The van der Waals surface area contributed by atoms with Crippen molar-refractivity contribution in [3.8, 4) is 0 Å². The van der Waals surface area contributed by atoms with E-state index >= 15 is 0 Å². The first-order chi connectivity index (χ1) is 9.88. The van der Waals surface area contributed by atoms with Crippen LogP contribution in [0.1, 0.15) is 11.7 Å². The second-order valence-electron chi connectivity index (χ2n) is 4.04. The molecule has 0 aromatic carbocycles. The number of nitrogens with one attached hydrogen (secondary N) is 2. The second kappa shape index (κ2) is 5.81. The number of ketones is 1. The molecule has 0 bridgehead atoms. The van der Waals surface area contributed by atoms with Crippen LogP contribution >= 0.6 is 11.3 Å². The van der Waals surface area contributed by atoms with E-state index in [0.717, 1.165) is 23.6 Å². The monoisotopic (exact) mass is 308 g/mol. The van der Waals surface area contributed by atoms with Gasteiger partial charge in [-0.1, -0.05) is 0 Å². The summed E-state index contributed by atoms with van der Waals surface area (Å²) in [6.45, 7) is 0. The third-order valence-electron chi connectivity index (χ3n) is 2.53. The zero-order valence-electron chi connectivity index (χ0n) is 10.4. The van der Waals surface area contributed by atoms with E-state index in [4.69, 9.17) is 16.6 Å². The van der Waals surface area contributed by atoms with Gasteiger partial charge in [-0.05, 0) is 0 Å². The second-order valence-corrected chi connectivity index (χ2v) is 4.93. The van der Waals surface area contributed by atoms with E-state index in [1.165, 1.54) is 5.38 Å². The summed E-state index contributed by atoms with van der Waals surface area (Å²) in [6, 6.07) is -1.30. The van der Waals surface area contributed by atoms with E-state index in [0.29, 0.717) is 0 Å². The number of aliphatic imine (C=N–C) groups is 1. The average Bonchev–Trinajstić information content (AvgIpc) is 2.84. The zero-order valence-corrected chi connectivity index (χ0v) is 11.3. The van der Waals surface area contributed by atoms with Gasteiger partial charge in [-0.2, -0.15) is 0 Å². The molecule has 0 aliphatic carbocycles. The van der Waals surface area contributed by atoms with E-state index in [1.54, 1.807) is 0 Å². The van der Waals surface area contributed by atoms with Gasteiger partial charge in [-0.25, -0.2) is 4.98 Å². The largest absolute Gasteiger partial charge is 0.379 e. The van der Waals surface area contributed by atoms with Crippen LogP contribution < -0.4 is 16.8 Å². The average molecular weight is 308 g/mol. The van der Waals surface area contributed by atoms with Crippen molar-refractivity contribution in [2.24, 2.45) is 4.99 Å².